The zero-order valence-electron chi connectivity index (χ0n) is 16.8. The summed E-state index contributed by atoms with van der Waals surface area (Å²) in [6.07, 6.45) is 4.67. The summed E-state index contributed by atoms with van der Waals surface area (Å²) in [5, 5.41) is 9.82. The molecule has 3 rings (SSSR count). The lowest BCUT2D eigenvalue weighted by molar-refractivity contribution is -0.122. The monoisotopic (exact) mass is 391 g/mol. The van der Waals surface area contributed by atoms with Crippen LogP contribution in [0.1, 0.15) is 54.3 Å². The SMILES string of the molecule is CC(C)c1ccc(C(C)NC(=O)Cn2cc(NC(=O)c3ccccn3)cn2)cc1. The molecule has 0 radical (unpaired) electrons. The van der Waals surface area contributed by atoms with Gasteiger partial charge in [0.15, 0.2) is 0 Å². The van der Waals surface area contributed by atoms with Crippen LogP contribution in [0.4, 0.5) is 5.69 Å². The van der Waals surface area contributed by atoms with Gasteiger partial charge in [-0.1, -0.05) is 44.2 Å². The summed E-state index contributed by atoms with van der Waals surface area (Å²) in [4.78, 5) is 28.5. The van der Waals surface area contributed by atoms with Gasteiger partial charge in [-0.3, -0.25) is 19.3 Å². The van der Waals surface area contributed by atoms with Gasteiger partial charge in [0.05, 0.1) is 17.9 Å². The maximum absolute atomic E-state index is 12.4. The maximum Gasteiger partial charge on any atom is 0.274 e. The lowest BCUT2D eigenvalue weighted by atomic mass is 9.99. The Bertz CT molecular complexity index is 964. The molecule has 0 aliphatic heterocycles. The first-order valence-corrected chi connectivity index (χ1v) is 9.56. The minimum atomic E-state index is -0.326. The van der Waals surface area contributed by atoms with Crippen molar-refractivity contribution in [3.05, 3.63) is 77.9 Å². The minimum Gasteiger partial charge on any atom is -0.348 e. The van der Waals surface area contributed by atoms with Gasteiger partial charge in [0.25, 0.3) is 5.91 Å². The van der Waals surface area contributed by atoms with Crippen LogP contribution in [0.25, 0.3) is 0 Å². The molecule has 3 aromatic rings. The Hall–Kier alpha value is -3.48. The molecule has 2 N–H and O–H groups in total. The number of pyridine rings is 1. The summed E-state index contributed by atoms with van der Waals surface area (Å²) in [6.45, 7) is 6.31. The van der Waals surface area contributed by atoms with Crippen LogP contribution in [-0.4, -0.2) is 26.6 Å². The highest BCUT2D eigenvalue weighted by atomic mass is 16.2. The topological polar surface area (TPSA) is 88.9 Å². The zero-order chi connectivity index (χ0) is 20.8. The molecule has 0 aliphatic carbocycles. The van der Waals surface area contributed by atoms with Crippen molar-refractivity contribution in [2.45, 2.75) is 39.3 Å². The Morgan fingerprint density at radius 1 is 1.03 bits per heavy atom. The highest BCUT2D eigenvalue weighted by Crippen LogP contribution is 2.18. The molecule has 0 saturated carbocycles. The first-order chi connectivity index (χ1) is 13.9. The third-order valence-electron chi connectivity index (χ3n) is 4.57. The summed E-state index contributed by atoms with van der Waals surface area (Å²) < 4.78 is 1.48. The van der Waals surface area contributed by atoms with E-state index < -0.39 is 0 Å². The van der Waals surface area contributed by atoms with Gasteiger partial charge in [-0.05, 0) is 36.1 Å². The van der Waals surface area contributed by atoms with Crippen LogP contribution in [-0.2, 0) is 11.3 Å². The van der Waals surface area contributed by atoms with Crippen LogP contribution in [0.15, 0.2) is 61.1 Å². The summed E-state index contributed by atoms with van der Waals surface area (Å²) in [6, 6.07) is 13.3. The Morgan fingerprint density at radius 2 is 1.76 bits per heavy atom. The second-order valence-electron chi connectivity index (χ2n) is 7.21. The number of aromatic nitrogens is 3. The molecule has 0 spiro atoms. The number of amides is 2. The quantitative estimate of drug-likeness (QED) is 0.645. The number of hydrogen-bond donors (Lipinski definition) is 2. The van der Waals surface area contributed by atoms with E-state index in [1.807, 2.05) is 19.1 Å². The smallest absolute Gasteiger partial charge is 0.274 e. The molecule has 0 fully saturated rings. The fourth-order valence-corrected chi connectivity index (χ4v) is 2.89. The van der Waals surface area contributed by atoms with Gasteiger partial charge in [-0.25, -0.2) is 0 Å². The van der Waals surface area contributed by atoms with Crippen molar-refractivity contribution in [1.29, 1.82) is 0 Å². The molecule has 7 nitrogen and oxygen atoms in total. The zero-order valence-corrected chi connectivity index (χ0v) is 16.8. The third kappa shape index (κ3) is 5.51. The molecule has 2 amide bonds. The first-order valence-electron chi connectivity index (χ1n) is 9.56. The summed E-state index contributed by atoms with van der Waals surface area (Å²) >= 11 is 0. The van der Waals surface area contributed by atoms with Crippen LogP contribution in [0.3, 0.4) is 0 Å². The fourth-order valence-electron chi connectivity index (χ4n) is 2.89. The molecular weight excluding hydrogens is 366 g/mol. The van der Waals surface area contributed by atoms with Crippen LogP contribution in [0.5, 0.6) is 0 Å². The van der Waals surface area contributed by atoms with Crippen LogP contribution >= 0.6 is 0 Å². The largest absolute Gasteiger partial charge is 0.348 e. The van der Waals surface area contributed by atoms with Crippen LogP contribution in [0.2, 0.25) is 0 Å². The van der Waals surface area contributed by atoms with Gasteiger partial charge in [0.1, 0.15) is 12.2 Å². The van der Waals surface area contributed by atoms with Gasteiger partial charge < -0.3 is 10.6 Å². The Morgan fingerprint density at radius 3 is 2.41 bits per heavy atom. The van der Waals surface area contributed by atoms with Crippen molar-refractivity contribution in [3.8, 4) is 0 Å². The molecular formula is C22H25N5O2. The Labute approximate surface area is 170 Å². The lowest BCUT2D eigenvalue weighted by Gasteiger charge is -2.15. The number of anilines is 1. The molecule has 2 heterocycles. The lowest BCUT2D eigenvalue weighted by Crippen LogP contribution is -2.30. The summed E-state index contributed by atoms with van der Waals surface area (Å²) in [5.74, 6) is -0.00896. The summed E-state index contributed by atoms with van der Waals surface area (Å²) in [7, 11) is 0. The highest BCUT2D eigenvalue weighted by Gasteiger charge is 2.12. The number of hydrogen-bond acceptors (Lipinski definition) is 4. The van der Waals surface area contributed by atoms with E-state index in [0.29, 0.717) is 17.3 Å². The number of carbonyl (C=O) groups excluding carboxylic acids is 2. The minimum absolute atomic E-state index is 0.0634. The Kier molecular flexibility index (Phi) is 6.39. The number of nitrogens with zero attached hydrogens (tertiary/aromatic N) is 3. The van der Waals surface area contributed by atoms with E-state index in [2.05, 4.69) is 46.7 Å². The molecule has 1 unspecified atom stereocenters. The van der Waals surface area contributed by atoms with E-state index in [9.17, 15) is 9.59 Å². The predicted molar refractivity (Wildman–Crippen MR) is 112 cm³/mol. The van der Waals surface area contributed by atoms with E-state index in [1.165, 1.54) is 16.4 Å². The van der Waals surface area contributed by atoms with E-state index in [1.54, 1.807) is 30.6 Å². The van der Waals surface area contributed by atoms with E-state index in [4.69, 9.17) is 0 Å². The van der Waals surface area contributed by atoms with Crippen molar-refractivity contribution < 1.29 is 9.59 Å². The van der Waals surface area contributed by atoms with E-state index >= 15 is 0 Å². The highest BCUT2D eigenvalue weighted by molar-refractivity contribution is 6.02. The van der Waals surface area contributed by atoms with Crippen molar-refractivity contribution in [3.63, 3.8) is 0 Å². The molecule has 0 aliphatic rings. The molecule has 1 atom stereocenters. The first kappa shape index (κ1) is 20.3. The third-order valence-corrected chi connectivity index (χ3v) is 4.57. The number of benzene rings is 1. The van der Waals surface area contributed by atoms with Crippen molar-refractivity contribution in [2.24, 2.45) is 0 Å². The molecule has 1 aromatic carbocycles. The van der Waals surface area contributed by atoms with Gasteiger partial charge in [0, 0.05) is 12.4 Å². The summed E-state index contributed by atoms with van der Waals surface area (Å²) in [5.41, 5.74) is 3.14. The predicted octanol–water partition coefficient (Wildman–Crippen LogP) is 3.53. The van der Waals surface area contributed by atoms with Crippen LogP contribution < -0.4 is 10.6 Å². The number of carbonyl (C=O) groups is 2. The van der Waals surface area contributed by atoms with Gasteiger partial charge in [0.2, 0.25) is 5.91 Å². The standard InChI is InChI=1S/C22H25N5O2/c1-15(2)17-7-9-18(10-8-17)16(3)25-21(28)14-27-13-19(12-24-27)26-22(29)20-6-4-5-11-23-20/h4-13,15-16H,14H2,1-3H3,(H,25,28)(H,26,29). The van der Waals surface area contributed by atoms with E-state index in [-0.39, 0.29) is 24.4 Å². The van der Waals surface area contributed by atoms with Gasteiger partial charge >= 0.3 is 0 Å². The average Bonchev–Trinajstić information content (AvgIpc) is 3.15. The van der Waals surface area contributed by atoms with Crippen molar-refractivity contribution in [1.82, 2.24) is 20.1 Å². The Balaban J connectivity index is 1.53. The average molecular weight is 391 g/mol. The van der Waals surface area contributed by atoms with Gasteiger partial charge in [-0.15, -0.1) is 0 Å². The molecule has 150 valence electrons. The molecule has 0 saturated heterocycles. The molecule has 29 heavy (non-hydrogen) atoms. The fraction of sp³-hybridized carbons (Fsp3) is 0.273. The molecule has 7 heteroatoms. The number of rotatable bonds is 7. The van der Waals surface area contributed by atoms with E-state index in [0.717, 1.165) is 5.56 Å². The molecule has 0 bridgehead atoms. The second-order valence-corrected chi connectivity index (χ2v) is 7.21. The second kappa shape index (κ2) is 9.14. The maximum atomic E-state index is 12.4. The van der Waals surface area contributed by atoms with Crippen molar-refractivity contribution in [2.75, 3.05) is 5.32 Å². The normalized spacial score (nSPS) is 11.9. The van der Waals surface area contributed by atoms with Crippen LogP contribution in [0, 0.1) is 0 Å². The van der Waals surface area contributed by atoms with Gasteiger partial charge in [-0.2, -0.15) is 5.10 Å². The molecule has 2 aromatic heterocycles. The van der Waals surface area contributed by atoms with Crippen molar-refractivity contribution >= 4 is 17.5 Å². The number of nitrogens with one attached hydrogen (secondary N) is 2.